The van der Waals surface area contributed by atoms with Crippen LogP contribution in [-0.4, -0.2) is 17.4 Å². The summed E-state index contributed by atoms with van der Waals surface area (Å²) in [6, 6.07) is 7.60. The number of aryl methyl sites for hydroxylation is 1. The van der Waals surface area contributed by atoms with Crippen molar-refractivity contribution in [2.45, 2.75) is 19.3 Å². The quantitative estimate of drug-likeness (QED) is 0.745. The average molecular weight is 218 g/mol. The molecule has 3 nitrogen and oxygen atoms in total. The number of hydrogen-bond donors (Lipinski definition) is 1. The molecule has 0 aliphatic carbocycles. The first kappa shape index (κ1) is 12.2. The van der Waals surface area contributed by atoms with Gasteiger partial charge in [-0.3, -0.25) is 4.79 Å². The number of rotatable bonds is 6. The first-order chi connectivity index (χ1) is 7.74. The van der Waals surface area contributed by atoms with E-state index in [-0.39, 0.29) is 6.42 Å². The topological polar surface area (TPSA) is 54.4 Å². The van der Waals surface area contributed by atoms with Crippen LogP contribution in [-0.2, 0) is 16.0 Å². The molecule has 0 saturated carbocycles. The number of carbonyl (C=O) groups is 2. The molecule has 1 N–H and O–H groups in total. The summed E-state index contributed by atoms with van der Waals surface area (Å²) < 4.78 is 0. The van der Waals surface area contributed by atoms with Gasteiger partial charge in [0, 0.05) is 12.8 Å². The molecule has 0 radical (unpaired) electrons. The number of benzene rings is 1. The Kier molecular flexibility index (Phi) is 4.99. The Morgan fingerprint density at radius 3 is 2.75 bits per heavy atom. The summed E-state index contributed by atoms with van der Waals surface area (Å²) in [5.41, 5.74) is 1.97. The van der Waals surface area contributed by atoms with Crippen molar-refractivity contribution in [2.24, 2.45) is 0 Å². The zero-order valence-corrected chi connectivity index (χ0v) is 8.93. The first-order valence-electron chi connectivity index (χ1n) is 5.14. The van der Waals surface area contributed by atoms with Crippen molar-refractivity contribution in [3.05, 3.63) is 41.5 Å². The van der Waals surface area contributed by atoms with Crippen LogP contribution in [0.15, 0.2) is 30.3 Å². The average Bonchev–Trinajstić information content (AvgIpc) is 2.28. The summed E-state index contributed by atoms with van der Waals surface area (Å²) in [5.74, 6) is -0.799. The van der Waals surface area contributed by atoms with Crippen LogP contribution < -0.4 is 0 Å². The highest BCUT2D eigenvalue weighted by atomic mass is 16.4. The maximum absolute atomic E-state index is 10.5. The second-order valence-electron chi connectivity index (χ2n) is 3.40. The minimum Gasteiger partial charge on any atom is -0.481 e. The van der Waals surface area contributed by atoms with E-state index < -0.39 is 5.97 Å². The van der Waals surface area contributed by atoms with Crippen molar-refractivity contribution in [1.82, 2.24) is 0 Å². The number of carbonyl (C=O) groups excluding carboxylic acids is 1. The van der Waals surface area contributed by atoms with Crippen molar-refractivity contribution in [2.75, 3.05) is 0 Å². The summed E-state index contributed by atoms with van der Waals surface area (Å²) in [6.07, 6.45) is 5.47. The maximum Gasteiger partial charge on any atom is 0.303 e. The van der Waals surface area contributed by atoms with Crippen LogP contribution in [0.3, 0.4) is 0 Å². The van der Waals surface area contributed by atoms with Gasteiger partial charge in [-0.15, -0.1) is 0 Å². The molecule has 0 heterocycles. The minimum absolute atomic E-state index is 0.124. The number of carboxylic acids is 1. The summed E-state index contributed by atoms with van der Waals surface area (Å²) in [6.45, 7) is 0. The van der Waals surface area contributed by atoms with Gasteiger partial charge in [-0.25, -0.2) is 0 Å². The molecular weight excluding hydrogens is 204 g/mol. The van der Waals surface area contributed by atoms with Crippen molar-refractivity contribution in [1.29, 1.82) is 0 Å². The standard InChI is InChI=1S/C13H14O3/c14-10-4-3-7-11-5-1-2-6-12(11)8-9-13(15)16/h1-3,5-7,10H,4,8-9H2,(H,15,16). The van der Waals surface area contributed by atoms with E-state index >= 15 is 0 Å². The third kappa shape index (κ3) is 4.09. The third-order valence-corrected chi connectivity index (χ3v) is 2.19. The van der Waals surface area contributed by atoms with E-state index in [0.717, 1.165) is 17.4 Å². The molecule has 1 aromatic carbocycles. The predicted molar refractivity (Wildman–Crippen MR) is 62.1 cm³/mol. The molecule has 0 spiro atoms. The molecule has 1 rings (SSSR count). The molecule has 0 saturated heterocycles. The van der Waals surface area contributed by atoms with Gasteiger partial charge in [0.2, 0.25) is 0 Å². The molecule has 0 aliphatic rings. The van der Waals surface area contributed by atoms with E-state index in [9.17, 15) is 9.59 Å². The van der Waals surface area contributed by atoms with Crippen LogP contribution in [0.4, 0.5) is 0 Å². The van der Waals surface area contributed by atoms with Crippen LogP contribution in [0.5, 0.6) is 0 Å². The lowest BCUT2D eigenvalue weighted by atomic mass is 10.0. The SMILES string of the molecule is O=CCC=Cc1ccccc1CCC(=O)O. The molecule has 0 aromatic heterocycles. The van der Waals surface area contributed by atoms with Gasteiger partial charge >= 0.3 is 5.97 Å². The Balaban J connectivity index is 2.74. The summed E-state index contributed by atoms with van der Waals surface area (Å²) in [5, 5.41) is 8.62. The molecule has 1 aromatic rings. The van der Waals surface area contributed by atoms with Crippen molar-refractivity contribution >= 4 is 18.3 Å². The molecule has 0 fully saturated rings. The lowest BCUT2D eigenvalue weighted by Crippen LogP contribution is -1.98. The Labute approximate surface area is 94.4 Å². The Morgan fingerprint density at radius 1 is 1.31 bits per heavy atom. The Hall–Kier alpha value is -1.90. The van der Waals surface area contributed by atoms with E-state index in [4.69, 9.17) is 5.11 Å². The summed E-state index contributed by atoms with van der Waals surface area (Å²) >= 11 is 0. The number of carboxylic acid groups (broad SMARTS) is 1. The molecule has 0 amide bonds. The molecule has 0 aliphatic heterocycles. The van der Waals surface area contributed by atoms with Gasteiger partial charge in [-0.05, 0) is 17.5 Å². The van der Waals surface area contributed by atoms with Gasteiger partial charge in [0.05, 0.1) is 0 Å². The van der Waals surface area contributed by atoms with E-state index in [1.54, 1.807) is 6.08 Å². The smallest absolute Gasteiger partial charge is 0.303 e. The number of allylic oxidation sites excluding steroid dienone is 1. The van der Waals surface area contributed by atoms with Gasteiger partial charge in [0.25, 0.3) is 0 Å². The monoisotopic (exact) mass is 218 g/mol. The van der Waals surface area contributed by atoms with Gasteiger partial charge < -0.3 is 9.90 Å². The van der Waals surface area contributed by atoms with Crippen LogP contribution in [0.2, 0.25) is 0 Å². The van der Waals surface area contributed by atoms with Gasteiger partial charge in [0.1, 0.15) is 6.29 Å². The number of aldehydes is 1. The predicted octanol–water partition coefficient (Wildman–Crippen LogP) is 2.31. The fraction of sp³-hybridized carbons (Fsp3) is 0.231. The first-order valence-corrected chi connectivity index (χ1v) is 5.14. The van der Waals surface area contributed by atoms with Gasteiger partial charge in [0.15, 0.2) is 0 Å². The molecule has 0 bridgehead atoms. The molecule has 3 heteroatoms. The fourth-order valence-electron chi connectivity index (χ4n) is 1.42. The lowest BCUT2D eigenvalue weighted by molar-refractivity contribution is -0.136. The van der Waals surface area contributed by atoms with Gasteiger partial charge in [-0.2, -0.15) is 0 Å². The highest BCUT2D eigenvalue weighted by Crippen LogP contribution is 2.13. The Bertz CT molecular complexity index is 394. The van der Waals surface area contributed by atoms with Crippen LogP contribution >= 0.6 is 0 Å². The largest absolute Gasteiger partial charge is 0.481 e. The fourth-order valence-corrected chi connectivity index (χ4v) is 1.42. The van der Waals surface area contributed by atoms with E-state index in [2.05, 4.69) is 0 Å². The van der Waals surface area contributed by atoms with Crippen molar-refractivity contribution in [3.8, 4) is 0 Å². The zero-order valence-electron chi connectivity index (χ0n) is 8.93. The highest BCUT2D eigenvalue weighted by Gasteiger charge is 2.01. The number of aliphatic carboxylic acids is 1. The molecule has 0 atom stereocenters. The Morgan fingerprint density at radius 2 is 2.06 bits per heavy atom. The molecule has 0 unspecified atom stereocenters. The molecule has 16 heavy (non-hydrogen) atoms. The van der Waals surface area contributed by atoms with Crippen molar-refractivity contribution < 1.29 is 14.7 Å². The van der Waals surface area contributed by atoms with E-state index in [1.807, 2.05) is 30.3 Å². The zero-order chi connectivity index (χ0) is 11.8. The summed E-state index contributed by atoms with van der Waals surface area (Å²) in [4.78, 5) is 20.6. The van der Waals surface area contributed by atoms with E-state index in [0.29, 0.717) is 12.8 Å². The number of hydrogen-bond acceptors (Lipinski definition) is 2. The normalized spacial score (nSPS) is 10.5. The van der Waals surface area contributed by atoms with Crippen LogP contribution in [0, 0.1) is 0 Å². The molecule has 84 valence electrons. The third-order valence-electron chi connectivity index (χ3n) is 2.19. The van der Waals surface area contributed by atoms with Crippen LogP contribution in [0.1, 0.15) is 24.0 Å². The lowest BCUT2D eigenvalue weighted by Gasteiger charge is -2.03. The second kappa shape index (κ2) is 6.56. The van der Waals surface area contributed by atoms with Crippen LogP contribution in [0.25, 0.3) is 6.08 Å². The maximum atomic E-state index is 10.5. The van der Waals surface area contributed by atoms with E-state index in [1.165, 1.54) is 0 Å². The van der Waals surface area contributed by atoms with Gasteiger partial charge in [-0.1, -0.05) is 36.4 Å². The molecular formula is C13H14O3. The second-order valence-corrected chi connectivity index (χ2v) is 3.40. The minimum atomic E-state index is -0.799. The summed E-state index contributed by atoms with van der Waals surface area (Å²) in [7, 11) is 0. The van der Waals surface area contributed by atoms with Crippen molar-refractivity contribution in [3.63, 3.8) is 0 Å². The highest BCUT2D eigenvalue weighted by molar-refractivity contribution is 5.67.